The van der Waals surface area contributed by atoms with Gasteiger partial charge in [-0.3, -0.25) is 0 Å². The number of nitrogens with two attached hydrogens (primary N) is 1. The molecule has 4 rings (SSSR count). The van der Waals surface area contributed by atoms with Gasteiger partial charge in [0.15, 0.2) is 0 Å². The van der Waals surface area contributed by atoms with Crippen LogP contribution in [0.1, 0.15) is 61.3 Å². The summed E-state index contributed by atoms with van der Waals surface area (Å²) in [6.07, 6.45) is 3.28. The van der Waals surface area contributed by atoms with Gasteiger partial charge in [-0.2, -0.15) is 4.98 Å². The van der Waals surface area contributed by atoms with E-state index in [-0.39, 0.29) is 30.6 Å². The van der Waals surface area contributed by atoms with Crippen molar-refractivity contribution in [3.8, 4) is 5.75 Å². The van der Waals surface area contributed by atoms with Crippen LogP contribution < -0.4 is 21.1 Å². The Balaban J connectivity index is 0.00000228. The first-order chi connectivity index (χ1) is 16.2. The maximum absolute atomic E-state index is 12.7. The van der Waals surface area contributed by atoms with Gasteiger partial charge in [-0.15, -0.1) is 38.0 Å². The summed E-state index contributed by atoms with van der Waals surface area (Å²) in [7, 11) is 1.88. The average Bonchev–Trinajstić information content (AvgIpc) is 2.79. The summed E-state index contributed by atoms with van der Waals surface area (Å²) in [5.41, 5.74) is 8.77. The van der Waals surface area contributed by atoms with E-state index in [9.17, 15) is 13.2 Å². The molecule has 6 nitrogen and oxygen atoms in total. The zero-order chi connectivity index (χ0) is 24.3. The number of alkyl halides is 3. The molecule has 1 fully saturated rings. The molecule has 202 valence electrons. The van der Waals surface area contributed by atoms with E-state index < -0.39 is 6.36 Å². The van der Waals surface area contributed by atoms with Crippen LogP contribution in [0.3, 0.4) is 0 Å². The Labute approximate surface area is 230 Å². The van der Waals surface area contributed by atoms with E-state index in [0.717, 1.165) is 56.5 Å². The van der Waals surface area contributed by atoms with Gasteiger partial charge < -0.3 is 21.1 Å². The lowest BCUT2D eigenvalue weighted by Gasteiger charge is -2.37. The Kier molecular flexibility index (Phi) is 11.4. The molecule has 0 aliphatic heterocycles. The molecule has 1 unspecified atom stereocenters. The van der Waals surface area contributed by atoms with Gasteiger partial charge in [-0.05, 0) is 87.4 Å². The van der Waals surface area contributed by atoms with Gasteiger partial charge in [0.05, 0.1) is 5.69 Å². The summed E-state index contributed by atoms with van der Waals surface area (Å²) in [5, 5.41) is 6.76. The number of rotatable bonds is 7. The highest BCUT2D eigenvalue weighted by atomic mass is 79.9. The van der Waals surface area contributed by atoms with Gasteiger partial charge in [0, 0.05) is 23.1 Å². The molecule has 4 N–H and O–H groups in total. The van der Waals surface area contributed by atoms with E-state index in [2.05, 4.69) is 41.3 Å². The molecule has 1 heterocycles. The number of aryl methyl sites for hydroxylation is 1. The normalized spacial score (nSPS) is 21.5. The second kappa shape index (κ2) is 13.3. The molecular weight excluding hydrogens is 582 g/mol. The van der Waals surface area contributed by atoms with Crippen LogP contribution in [0.5, 0.6) is 5.75 Å². The third-order valence-electron chi connectivity index (χ3n) is 7.00. The first-order valence-electron chi connectivity index (χ1n) is 11.8. The molecule has 2 aliphatic carbocycles. The molecule has 0 saturated heterocycles. The lowest BCUT2D eigenvalue weighted by atomic mass is 9.71. The quantitative estimate of drug-likeness (QED) is 0.334. The van der Waals surface area contributed by atoms with Gasteiger partial charge in [0.1, 0.15) is 11.6 Å². The van der Waals surface area contributed by atoms with Crippen molar-refractivity contribution >= 4 is 52.5 Å². The molecule has 1 aromatic heterocycles. The van der Waals surface area contributed by atoms with Crippen molar-refractivity contribution in [1.82, 2.24) is 15.3 Å². The Morgan fingerprint density at radius 3 is 2.50 bits per heavy atom. The molecular formula is C24H33BrCl2F3N5O. The SMILES string of the molecule is CNc1nc(N)nc2c1C(C1CCC(NCCc3ccc(Br)cc3OC(F)(F)F)CC1)CCC2.Cl.Cl. The van der Waals surface area contributed by atoms with Crippen molar-refractivity contribution in [2.24, 2.45) is 5.92 Å². The van der Waals surface area contributed by atoms with Crippen LogP contribution in [-0.2, 0) is 12.8 Å². The minimum absolute atomic E-state index is 0. The Hall–Kier alpha value is -1.49. The number of nitrogens with one attached hydrogen (secondary N) is 2. The highest BCUT2D eigenvalue weighted by Crippen LogP contribution is 2.45. The summed E-state index contributed by atoms with van der Waals surface area (Å²) < 4.78 is 43.0. The molecule has 0 amide bonds. The summed E-state index contributed by atoms with van der Waals surface area (Å²) in [5.74, 6) is 2.06. The van der Waals surface area contributed by atoms with E-state index in [1.54, 1.807) is 12.1 Å². The number of benzene rings is 1. The monoisotopic (exact) mass is 613 g/mol. The predicted molar refractivity (Wildman–Crippen MR) is 144 cm³/mol. The van der Waals surface area contributed by atoms with Gasteiger partial charge in [-0.25, -0.2) is 4.98 Å². The highest BCUT2D eigenvalue weighted by molar-refractivity contribution is 9.10. The smallest absolute Gasteiger partial charge is 0.405 e. The van der Waals surface area contributed by atoms with Crippen molar-refractivity contribution in [3.63, 3.8) is 0 Å². The Morgan fingerprint density at radius 1 is 1.11 bits per heavy atom. The van der Waals surface area contributed by atoms with Crippen LogP contribution in [-0.4, -0.2) is 36.0 Å². The number of aromatic nitrogens is 2. The summed E-state index contributed by atoms with van der Waals surface area (Å²) >= 11 is 3.21. The highest BCUT2D eigenvalue weighted by Gasteiger charge is 2.34. The van der Waals surface area contributed by atoms with Crippen LogP contribution in [0.25, 0.3) is 0 Å². The van der Waals surface area contributed by atoms with E-state index in [1.165, 1.54) is 11.6 Å². The fourth-order valence-electron chi connectivity index (χ4n) is 5.50. The predicted octanol–water partition coefficient (Wildman–Crippen LogP) is 6.42. The second-order valence-electron chi connectivity index (χ2n) is 9.16. The van der Waals surface area contributed by atoms with Gasteiger partial charge >= 0.3 is 6.36 Å². The third kappa shape index (κ3) is 7.76. The van der Waals surface area contributed by atoms with Gasteiger partial charge in [0.2, 0.25) is 5.95 Å². The number of hydrogen-bond donors (Lipinski definition) is 3. The van der Waals surface area contributed by atoms with Crippen LogP contribution in [0.2, 0.25) is 0 Å². The van der Waals surface area contributed by atoms with Crippen molar-refractivity contribution < 1.29 is 17.9 Å². The molecule has 36 heavy (non-hydrogen) atoms. The number of halogens is 6. The minimum Gasteiger partial charge on any atom is -0.405 e. The minimum atomic E-state index is -4.71. The topological polar surface area (TPSA) is 85.1 Å². The molecule has 1 atom stereocenters. The molecule has 12 heteroatoms. The zero-order valence-corrected chi connectivity index (χ0v) is 23.3. The van der Waals surface area contributed by atoms with Crippen molar-refractivity contribution in [2.75, 3.05) is 24.6 Å². The number of nitrogens with zero attached hydrogens (tertiary/aromatic N) is 2. The van der Waals surface area contributed by atoms with Crippen LogP contribution in [0.15, 0.2) is 22.7 Å². The Morgan fingerprint density at radius 2 is 1.83 bits per heavy atom. The molecule has 0 bridgehead atoms. The fraction of sp³-hybridized carbons (Fsp3) is 0.583. The van der Waals surface area contributed by atoms with Crippen molar-refractivity contribution in [3.05, 3.63) is 39.5 Å². The molecule has 2 aromatic rings. The van der Waals surface area contributed by atoms with Crippen molar-refractivity contribution in [1.29, 1.82) is 0 Å². The van der Waals surface area contributed by atoms with Crippen LogP contribution in [0.4, 0.5) is 24.9 Å². The summed E-state index contributed by atoms with van der Waals surface area (Å²) in [6, 6.07) is 5.15. The number of anilines is 2. The number of nitrogen functional groups attached to an aromatic ring is 1. The molecule has 1 aromatic carbocycles. The Bertz CT molecular complexity index is 989. The number of ether oxygens (including phenoxy) is 1. The first-order valence-corrected chi connectivity index (χ1v) is 12.6. The van der Waals surface area contributed by atoms with E-state index in [0.29, 0.717) is 46.8 Å². The third-order valence-corrected chi connectivity index (χ3v) is 7.49. The van der Waals surface area contributed by atoms with E-state index >= 15 is 0 Å². The van der Waals surface area contributed by atoms with E-state index in [1.807, 2.05) is 7.05 Å². The molecule has 1 saturated carbocycles. The fourth-order valence-corrected chi connectivity index (χ4v) is 5.84. The van der Waals surface area contributed by atoms with Gasteiger partial charge in [0.25, 0.3) is 0 Å². The standard InChI is InChI=1S/C24H31BrF3N5O.2ClH/c1-30-22-21-18(3-2-4-19(21)32-23(29)33-22)14-6-9-17(10-7-14)31-12-11-15-5-8-16(25)13-20(15)34-24(26,27)28;;/h5,8,13-14,17-18,31H,2-4,6-7,9-12H2,1H3,(H3,29,30,32,33);2*1H. The lowest BCUT2D eigenvalue weighted by Crippen LogP contribution is -2.36. The maximum Gasteiger partial charge on any atom is 0.573 e. The zero-order valence-electron chi connectivity index (χ0n) is 20.0. The average molecular weight is 615 g/mol. The maximum atomic E-state index is 12.7. The molecule has 2 aliphatic rings. The van der Waals surface area contributed by atoms with Gasteiger partial charge in [-0.1, -0.05) is 22.0 Å². The van der Waals surface area contributed by atoms with Crippen LogP contribution >= 0.6 is 40.7 Å². The molecule has 0 radical (unpaired) electrons. The first kappa shape index (κ1) is 30.7. The molecule has 0 spiro atoms. The number of hydrogen-bond acceptors (Lipinski definition) is 6. The van der Waals surface area contributed by atoms with Crippen molar-refractivity contribution in [2.45, 2.75) is 69.7 Å². The number of fused-ring (bicyclic) bond motifs is 1. The lowest BCUT2D eigenvalue weighted by molar-refractivity contribution is -0.274. The summed E-state index contributed by atoms with van der Waals surface area (Å²) in [6.45, 7) is 0.606. The van der Waals surface area contributed by atoms with Crippen LogP contribution in [0, 0.1) is 5.92 Å². The summed E-state index contributed by atoms with van der Waals surface area (Å²) in [4.78, 5) is 8.95. The largest absolute Gasteiger partial charge is 0.573 e. The van der Waals surface area contributed by atoms with E-state index in [4.69, 9.17) is 5.73 Å². The second-order valence-corrected chi connectivity index (χ2v) is 10.1.